The first kappa shape index (κ1) is 13.4. The first-order valence-electron chi connectivity index (χ1n) is 6.29. The lowest BCUT2D eigenvalue weighted by Gasteiger charge is -2.27. The molecule has 2 heterocycles. The number of hydrogen-bond acceptors (Lipinski definition) is 4. The summed E-state index contributed by atoms with van der Waals surface area (Å²) in [5.74, 6) is 0. The van der Waals surface area contributed by atoms with Crippen LogP contribution in [-0.2, 0) is 0 Å². The summed E-state index contributed by atoms with van der Waals surface area (Å²) >= 11 is 3.93. The molecule has 4 heteroatoms. The molecule has 2 rings (SSSR count). The SMILES string of the molecule is C[C@H]1CC(NCCCN(C)C)c2ccsc2S1. The van der Waals surface area contributed by atoms with Crippen LogP contribution in [0.1, 0.15) is 31.4 Å². The standard InChI is InChI=1S/C13H22N2S2/c1-10-9-12(14-6-4-7-15(2)3)11-5-8-16-13(11)17-10/h5,8,10,12,14H,4,6-7,9H2,1-3H3/t10-,12?/m0/s1. The van der Waals surface area contributed by atoms with Gasteiger partial charge < -0.3 is 10.2 Å². The average molecular weight is 270 g/mol. The Morgan fingerprint density at radius 3 is 3.06 bits per heavy atom. The molecule has 1 N–H and O–H groups in total. The second-order valence-electron chi connectivity index (χ2n) is 4.99. The van der Waals surface area contributed by atoms with E-state index in [1.165, 1.54) is 29.2 Å². The summed E-state index contributed by atoms with van der Waals surface area (Å²) in [7, 11) is 4.27. The summed E-state index contributed by atoms with van der Waals surface area (Å²) in [6.07, 6.45) is 2.49. The molecule has 0 amide bonds. The van der Waals surface area contributed by atoms with Crippen LogP contribution in [0.25, 0.3) is 0 Å². The van der Waals surface area contributed by atoms with Gasteiger partial charge in [0.15, 0.2) is 0 Å². The molecule has 0 saturated carbocycles. The zero-order valence-corrected chi connectivity index (χ0v) is 12.5. The van der Waals surface area contributed by atoms with E-state index in [0.717, 1.165) is 11.8 Å². The van der Waals surface area contributed by atoms with E-state index in [2.05, 4.69) is 42.7 Å². The Balaban J connectivity index is 1.85. The molecule has 1 aliphatic heterocycles. The summed E-state index contributed by atoms with van der Waals surface area (Å²) in [6, 6.07) is 2.87. The van der Waals surface area contributed by atoms with Crippen molar-refractivity contribution < 1.29 is 0 Å². The smallest absolute Gasteiger partial charge is 0.0649 e. The molecule has 1 aliphatic rings. The topological polar surface area (TPSA) is 15.3 Å². The Hall–Kier alpha value is -0.0300. The van der Waals surface area contributed by atoms with Crippen LogP contribution in [0.5, 0.6) is 0 Å². The molecule has 0 aliphatic carbocycles. The van der Waals surface area contributed by atoms with Crippen molar-refractivity contribution in [1.82, 2.24) is 10.2 Å². The van der Waals surface area contributed by atoms with Gasteiger partial charge in [0.25, 0.3) is 0 Å². The van der Waals surface area contributed by atoms with Crippen LogP contribution >= 0.6 is 23.1 Å². The molecular formula is C13H22N2S2. The van der Waals surface area contributed by atoms with Gasteiger partial charge in [-0.15, -0.1) is 23.1 Å². The van der Waals surface area contributed by atoms with Gasteiger partial charge in [-0.2, -0.15) is 0 Å². The minimum atomic E-state index is 0.578. The Morgan fingerprint density at radius 2 is 2.29 bits per heavy atom. The lowest BCUT2D eigenvalue weighted by atomic mass is 10.0. The second kappa shape index (κ2) is 6.23. The van der Waals surface area contributed by atoms with E-state index >= 15 is 0 Å². The number of fused-ring (bicyclic) bond motifs is 1. The van der Waals surface area contributed by atoms with Crippen LogP contribution in [0.15, 0.2) is 15.7 Å². The number of thioether (sulfide) groups is 1. The van der Waals surface area contributed by atoms with Crippen molar-refractivity contribution in [1.29, 1.82) is 0 Å². The molecule has 1 unspecified atom stereocenters. The predicted octanol–water partition coefficient (Wildman–Crippen LogP) is 3.21. The summed E-state index contributed by atoms with van der Waals surface area (Å²) in [5.41, 5.74) is 1.53. The van der Waals surface area contributed by atoms with E-state index in [9.17, 15) is 0 Å². The Kier molecular flexibility index (Phi) is 4.91. The third-order valence-corrected chi connectivity index (χ3v) is 5.43. The van der Waals surface area contributed by atoms with Crippen LogP contribution < -0.4 is 5.32 Å². The lowest BCUT2D eigenvalue weighted by Crippen LogP contribution is -2.28. The quantitative estimate of drug-likeness (QED) is 0.827. The minimum Gasteiger partial charge on any atom is -0.310 e. The van der Waals surface area contributed by atoms with Gasteiger partial charge in [-0.25, -0.2) is 0 Å². The molecule has 2 atom stereocenters. The van der Waals surface area contributed by atoms with Crippen molar-refractivity contribution in [3.8, 4) is 0 Å². The van der Waals surface area contributed by atoms with Crippen LogP contribution in [0, 0.1) is 0 Å². The van der Waals surface area contributed by atoms with Gasteiger partial charge >= 0.3 is 0 Å². The first-order chi connectivity index (χ1) is 8.16. The molecule has 0 saturated heterocycles. The Labute approximate surface area is 113 Å². The predicted molar refractivity (Wildman–Crippen MR) is 78.2 cm³/mol. The van der Waals surface area contributed by atoms with E-state index in [1.807, 2.05) is 23.1 Å². The van der Waals surface area contributed by atoms with Crippen molar-refractivity contribution in [2.45, 2.75) is 35.3 Å². The Bertz CT molecular complexity index is 349. The summed E-state index contributed by atoms with van der Waals surface area (Å²) < 4.78 is 1.52. The van der Waals surface area contributed by atoms with Crippen molar-refractivity contribution in [3.63, 3.8) is 0 Å². The molecule has 0 spiro atoms. The fourth-order valence-electron chi connectivity index (χ4n) is 2.21. The van der Waals surface area contributed by atoms with Gasteiger partial charge in [-0.3, -0.25) is 0 Å². The van der Waals surface area contributed by atoms with E-state index < -0.39 is 0 Å². The largest absolute Gasteiger partial charge is 0.310 e. The van der Waals surface area contributed by atoms with E-state index in [1.54, 1.807) is 0 Å². The summed E-state index contributed by atoms with van der Waals surface area (Å²) in [5, 5.41) is 6.69. The van der Waals surface area contributed by atoms with E-state index in [0.29, 0.717) is 6.04 Å². The molecule has 17 heavy (non-hydrogen) atoms. The highest BCUT2D eigenvalue weighted by Crippen LogP contribution is 2.43. The highest BCUT2D eigenvalue weighted by Gasteiger charge is 2.25. The number of nitrogens with zero attached hydrogens (tertiary/aromatic N) is 1. The lowest BCUT2D eigenvalue weighted by molar-refractivity contribution is 0.382. The summed E-state index contributed by atoms with van der Waals surface area (Å²) in [4.78, 5) is 2.25. The molecule has 0 fully saturated rings. The zero-order chi connectivity index (χ0) is 12.3. The highest BCUT2D eigenvalue weighted by atomic mass is 32.2. The van der Waals surface area contributed by atoms with Gasteiger partial charge in [0.2, 0.25) is 0 Å². The van der Waals surface area contributed by atoms with Crippen molar-refractivity contribution in [3.05, 3.63) is 17.0 Å². The third-order valence-electron chi connectivity index (χ3n) is 3.08. The van der Waals surface area contributed by atoms with Crippen molar-refractivity contribution in [2.24, 2.45) is 0 Å². The van der Waals surface area contributed by atoms with Gasteiger partial charge in [-0.1, -0.05) is 6.92 Å². The van der Waals surface area contributed by atoms with Crippen LogP contribution in [0.4, 0.5) is 0 Å². The molecule has 1 aromatic heterocycles. The zero-order valence-electron chi connectivity index (χ0n) is 10.9. The van der Waals surface area contributed by atoms with Crippen LogP contribution in [-0.4, -0.2) is 37.3 Å². The number of rotatable bonds is 5. The van der Waals surface area contributed by atoms with Crippen molar-refractivity contribution in [2.75, 3.05) is 27.2 Å². The monoisotopic (exact) mass is 270 g/mol. The summed E-state index contributed by atoms with van der Waals surface area (Å²) in [6.45, 7) is 4.62. The third kappa shape index (κ3) is 3.71. The average Bonchev–Trinajstić information content (AvgIpc) is 2.71. The molecule has 1 aromatic rings. The maximum absolute atomic E-state index is 3.72. The van der Waals surface area contributed by atoms with E-state index in [-0.39, 0.29) is 0 Å². The van der Waals surface area contributed by atoms with Gasteiger partial charge in [-0.05, 0) is 57.0 Å². The van der Waals surface area contributed by atoms with Crippen LogP contribution in [0.2, 0.25) is 0 Å². The van der Waals surface area contributed by atoms with Gasteiger partial charge in [0, 0.05) is 11.3 Å². The molecule has 0 bridgehead atoms. The molecule has 0 aromatic carbocycles. The molecule has 96 valence electrons. The number of hydrogen-bond donors (Lipinski definition) is 1. The second-order valence-corrected chi connectivity index (χ2v) is 7.61. The maximum Gasteiger partial charge on any atom is 0.0649 e. The van der Waals surface area contributed by atoms with Crippen molar-refractivity contribution >= 4 is 23.1 Å². The molecule has 0 radical (unpaired) electrons. The Morgan fingerprint density at radius 1 is 1.47 bits per heavy atom. The van der Waals surface area contributed by atoms with E-state index in [4.69, 9.17) is 0 Å². The minimum absolute atomic E-state index is 0.578. The number of nitrogens with one attached hydrogen (secondary N) is 1. The maximum atomic E-state index is 3.72. The normalized spacial score (nSPS) is 24.0. The number of thiophene rings is 1. The first-order valence-corrected chi connectivity index (χ1v) is 8.05. The fourth-order valence-corrected chi connectivity index (χ4v) is 4.78. The molecular weight excluding hydrogens is 248 g/mol. The fraction of sp³-hybridized carbons (Fsp3) is 0.692. The van der Waals surface area contributed by atoms with Gasteiger partial charge in [0.1, 0.15) is 0 Å². The highest BCUT2D eigenvalue weighted by molar-refractivity contribution is 8.01. The van der Waals surface area contributed by atoms with Crippen LogP contribution in [0.3, 0.4) is 0 Å². The van der Waals surface area contributed by atoms with Gasteiger partial charge in [0.05, 0.1) is 4.21 Å². The molecule has 2 nitrogen and oxygen atoms in total.